The Morgan fingerprint density at radius 2 is 2.11 bits per heavy atom. The van der Waals surface area contributed by atoms with Gasteiger partial charge in [-0.2, -0.15) is 0 Å². The molecule has 19 heavy (non-hydrogen) atoms. The lowest BCUT2D eigenvalue weighted by Crippen LogP contribution is -2.22. The first-order chi connectivity index (χ1) is 9.12. The van der Waals surface area contributed by atoms with E-state index in [1.54, 1.807) is 37.5 Å². The Kier molecular flexibility index (Phi) is 5.67. The van der Waals surface area contributed by atoms with Crippen LogP contribution in [-0.2, 0) is 4.79 Å². The SMILES string of the molecule is C=CCN(/C=C/c1ccc(OC)cc1OC)C(C)=O. The summed E-state index contributed by atoms with van der Waals surface area (Å²) in [6.45, 7) is 5.61. The Bertz CT molecular complexity index is 480. The molecule has 0 aliphatic heterocycles. The van der Waals surface area contributed by atoms with Gasteiger partial charge in [0.25, 0.3) is 0 Å². The molecular formula is C15H19NO3. The second-order valence-corrected chi connectivity index (χ2v) is 3.88. The summed E-state index contributed by atoms with van der Waals surface area (Å²) in [5.41, 5.74) is 0.874. The average Bonchev–Trinajstić information content (AvgIpc) is 2.42. The maximum absolute atomic E-state index is 11.4. The molecule has 0 aliphatic carbocycles. The van der Waals surface area contributed by atoms with Crippen molar-refractivity contribution < 1.29 is 14.3 Å². The topological polar surface area (TPSA) is 38.8 Å². The molecule has 0 atom stereocenters. The van der Waals surface area contributed by atoms with Gasteiger partial charge in [-0.3, -0.25) is 4.79 Å². The van der Waals surface area contributed by atoms with Crippen LogP contribution >= 0.6 is 0 Å². The molecule has 4 nitrogen and oxygen atoms in total. The van der Waals surface area contributed by atoms with Crippen molar-refractivity contribution in [3.05, 3.63) is 42.6 Å². The number of hydrogen-bond acceptors (Lipinski definition) is 3. The molecule has 0 unspecified atom stereocenters. The number of ether oxygens (including phenoxy) is 2. The zero-order chi connectivity index (χ0) is 14.3. The van der Waals surface area contributed by atoms with Crippen molar-refractivity contribution in [2.24, 2.45) is 0 Å². The molecule has 1 rings (SSSR count). The number of nitrogens with zero attached hydrogens (tertiary/aromatic N) is 1. The molecule has 0 spiro atoms. The van der Waals surface area contributed by atoms with Gasteiger partial charge in [0.05, 0.1) is 14.2 Å². The van der Waals surface area contributed by atoms with Crippen LogP contribution in [0.25, 0.3) is 6.08 Å². The largest absolute Gasteiger partial charge is 0.497 e. The van der Waals surface area contributed by atoms with E-state index >= 15 is 0 Å². The molecule has 0 aromatic heterocycles. The van der Waals surface area contributed by atoms with Crippen molar-refractivity contribution in [3.63, 3.8) is 0 Å². The molecule has 0 saturated carbocycles. The van der Waals surface area contributed by atoms with Crippen LogP contribution in [0.3, 0.4) is 0 Å². The van der Waals surface area contributed by atoms with Gasteiger partial charge in [0, 0.05) is 31.3 Å². The summed E-state index contributed by atoms with van der Waals surface area (Å²) in [5.74, 6) is 1.38. The summed E-state index contributed by atoms with van der Waals surface area (Å²) < 4.78 is 10.4. The maximum atomic E-state index is 11.4. The number of benzene rings is 1. The van der Waals surface area contributed by atoms with Crippen LogP contribution in [-0.4, -0.2) is 31.6 Å². The van der Waals surface area contributed by atoms with Crippen molar-refractivity contribution in [2.75, 3.05) is 20.8 Å². The van der Waals surface area contributed by atoms with Gasteiger partial charge < -0.3 is 14.4 Å². The van der Waals surface area contributed by atoms with Gasteiger partial charge in [-0.25, -0.2) is 0 Å². The molecule has 0 radical (unpaired) electrons. The van der Waals surface area contributed by atoms with Gasteiger partial charge in [-0.15, -0.1) is 6.58 Å². The number of rotatable bonds is 6. The lowest BCUT2D eigenvalue weighted by atomic mass is 10.2. The molecule has 0 saturated heterocycles. The molecule has 1 aromatic carbocycles. The van der Waals surface area contributed by atoms with Crippen LogP contribution in [0.4, 0.5) is 0 Å². The van der Waals surface area contributed by atoms with Gasteiger partial charge in [0.1, 0.15) is 11.5 Å². The van der Waals surface area contributed by atoms with Gasteiger partial charge in [-0.1, -0.05) is 6.08 Å². The molecule has 0 bridgehead atoms. The Hall–Kier alpha value is -2.23. The fraction of sp³-hybridized carbons (Fsp3) is 0.267. The molecule has 0 aliphatic rings. The van der Waals surface area contributed by atoms with E-state index in [-0.39, 0.29) is 5.91 Å². The minimum absolute atomic E-state index is 0.0383. The molecule has 4 heteroatoms. The second kappa shape index (κ2) is 7.26. The van der Waals surface area contributed by atoms with Crippen molar-refractivity contribution in [1.29, 1.82) is 0 Å². The third-order valence-corrected chi connectivity index (χ3v) is 2.60. The van der Waals surface area contributed by atoms with Crippen LogP contribution in [0.1, 0.15) is 12.5 Å². The smallest absolute Gasteiger partial charge is 0.223 e. The molecule has 0 heterocycles. The molecule has 102 valence electrons. The van der Waals surface area contributed by atoms with Crippen molar-refractivity contribution in [2.45, 2.75) is 6.92 Å². The summed E-state index contributed by atoms with van der Waals surface area (Å²) in [4.78, 5) is 13.0. The molecule has 0 fully saturated rings. The van der Waals surface area contributed by atoms with Gasteiger partial charge in [0.15, 0.2) is 0 Å². The van der Waals surface area contributed by atoms with E-state index in [4.69, 9.17) is 9.47 Å². The van der Waals surface area contributed by atoms with Crippen LogP contribution in [0, 0.1) is 0 Å². The van der Waals surface area contributed by atoms with Gasteiger partial charge >= 0.3 is 0 Å². The summed E-state index contributed by atoms with van der Waals surface area (Å²) in [6.07, 6.45) is 5.22. The lowest BCUT2D eigenvalue weighted by molar-refractivity contribution is -0.125. The van der Waals surface area contributed by atoms with Crippen molar-refractivity contribution in [1.82, 2.24) is 4.90 Å². The van der Waals surface area contributed by atoms with E-state index < -0.39 is 0 Å². The summed E-state index contributed by atoms with van der Waals surface area (Å²) in [5, 5.41) is 0. The van der Waals surface area contributed by atoms with E-state index in [9.17, 15) is 4.79 Å². The van der Waals surface area contributed by atoms with Crippen molar-refractivity contribution in [3.8, 4) is 11.5 Å². The summed E-state index contributed by atoms with van der Waals surface area (Å²) in [6, 6.07) is 5.51. The molecular weight excluding hydrogens is 242 g/mol. The van der Waals surface area contributed by atoms with Crippen LogP contribution in [0.5, 0.6) is 11.5 Å². The predicted molar refractivity (Wildman–Crippen MR) is 76.2 cm³/mol. The zero-order valence-corrected chi connectivity index (χ0v) is 11.6. The third kappa shape index (κ3) is 4.17. The number of hydrogen-bond donors (Lipinski definition) is 0. The highest BCUT2D eigenvalue weighted by Crippen LogP contribution is 2.25. The first kappa shape index (κ1) is 14.8. The second-order valence-electron chi connectivity index (χ2n) is 3.88. The summed E-state index contributed by atoms with van der Waals surface area (Å²) >= 11 is 0. The van der Waals surface area contributed by atoms with Crippen LogP contribution in [0.2, 0.25) is 0 Å². The van der Waals surface area contributed by atoms with E-state index in [1.807, 2.05) is 18.2 Å². The minimum atomic E-state index is -0.0383. The molecule has 1 amide bonds. The maximum Gasteiger partial charge on any atom is 0.223 e. The Morgan fingerprint density at radius 1 is 1.37 bits per heavy atom. The molecule has 0 N–H and O–H groups in total. The van der Waals surface area contributed by atoms with Gasteiger partial charge in [0.2, 0.25) is 5.91 Å². The number of amides is 1. The van der Waals surface area contributed by atoms with Gasteiger partial charge in [-0.05, 0) is 18.2 Å². The highest BCUT2D eigenvalue weighted by molar-refractivity contribution is 5.75. The highest BCUT2D eigenvalue weighted by Gasteiger charge is 2.05. The fourth-order valence-corrected chi connectivity index (χ4v) is 1.56. The monoisotopic (exact) mass is 261 g/mol. The Morgan fingerprint density at radius 3 is 2.63 bits per heavy atom. The lowest BCUT2D eigenvalue weighted by Gasteiger charge is -2.14. The fourth-order valence-electron chi connectivity index (χ4n) is 1.56. The molecule has 1 aromatic rings. The third-order valence-electron chi connectivity index (χ3n) is 2.60. The van der Waals surface area contributed by atoms with E-state index in [0.717, 1.165) is 11.3 Å². The normalized spacial score (nSPS) is 10.3. The minimum Gasteiger partial charge on any atom is -0.497 e. The Labute approximate surface area is 113 Å². The Balaban J connectivity index is 2.96. The van der Waals surface area contributed by atoms with Crippen molar-refractivity contribution >= 4 is 12.0 Å². The van der Waals surface area contributed by atoms with E-state index in [1.165, 1.54) is 6.92 Å². The first-order valence-corrected chi connectivity index (χ1v) is 5.90. The van der Waals surface area contributed by atoms with E-state index in [2.05, 4.69) is 6.58 Å². The van der Waals surface area contributed by atoms with Crippen LogP contribution in [0.15, 0.2) is 37.1 Å². The number of carbonyl (C=O) groups excluding carboxylic acids is 1. The first-order valence-electron chi connectivity index (χ1n) is 5.90. The van der Waals surface area contributed by atoms with Crippen LogP contribution < -0.4 is 9.47 Å². The number of methoxy groups -OCH3 is 2. The quantitative estimate of drug-likeness (QED) is 0.739. The summed E-state index contributed by atoms with van der Waals surface area (Å²) in [7, 11) is 3.20. The predicted octanol–water partition coefficient (Wildman–Crippen LogP) is 2.71. The van der Waals surface area contributed by atoms with E-state index in [0.29, 0.717) is 12.3 Å². The average molecular weight is 261 g/mol. The highest BCUT2D eigenvalue weighted by atomic mass is 16.5. The standard InChI is InChI=1S/C15H19NO3/c1-5-9-16(12(2)17)10-8-13-6-7-14(18-3)11-15(13)19-4/h5-8,10-11H,1,9H2,2-4H3/b10-8+. The zero-order valence-electron chi connectivity index (χ0n) is 11.6. The number of carbonyl (C=O) groups is 1.